The topological polar surface area (TPSA) is 81.2 Å². The molecule has 0 saturated carbocycles. The number of rotatable bonds is 6. The van der Waals surface area contributed by atoms with Crippen LogP contribution in [0, 0.1) is 0 Å². The molecule has 0 spiro atoms. The summed E-state index contributed by atoms with van der Waals surface area (Å²) >= 11 is 7.09. The van der Waals surface area contributed by atoms with E-state index in [1.165, 1.54) is 30.0 Å². The second-order valence-corrected chi connectivity index (χ2v) is 5.33. The van der Waals surface area contributed by atoms with Gasteiger partial charge in [0.05, 0.1) is 12.7 Å². The van der Waals surface area contributed by atoms with E-state index >= 15 is 0 Å². The van der Waals surface area contributed by atoms with Crippen molar-refractivity contribution in [2.45, 2.75) is 12.8 Å². The molecule has 8 heteroatoms. The fourth-order valence-corrected chi connectivity index (χ4v) is 2.30. The molecule has 1 amide bonds. The molecule has 110 valence electrons. The van der Waals surface area contributed by atoms with Gasteiger partial charge in [-0.2, -0.15) is 0 Å². The third kappa shape index (κ3) is 4.24. The lowest BCUT2D eigenvalue weighted by Gasteiger charge is -2.07. The van der Waals surface area contributed by atoms with Crippen LogP contribution in [0.1, 0.15) is 23.2 Å². The molecule has 0 fully saturated rings. The predicted molar refractivity (Wildman–Crippen MR) is 80.1 cm³/mol. The van der Waals surface area contributed by atoms with Crippen molar-refractivity contribution in [3.05, 3.63) is 34.3 Å². The first kappa shape index (κ1) is 15.4. The lowest BCUT2D eigenvalue weighted by Crippen LogP contribution is -2.13. The Morgan fingerprint density at radius 3 is 2.86 bits per heavy atom. The van der Waals surface area contributed by atoms with E-state index in [2.05, 4.69) is 15.5 Å². The van der Waals surface area contributed by atoms with Crippen molar-refractivity contribution < 1.29 is 14.3 Å². The maximum atomic E-state index is 12.1. The Kier molecular flexibility index (Phi) is 5.24. The van der Waals surface area contributed by atoms with Crippen molar-refractivity contribution in [1.82, 2.24) is 10.2 Å². The van der Waals surface area contributed by atoms with Gasteiger partial charge in [0, 0.05) is 17.9 Å². The van der Waals surface area contributed by atoms with Gasteiger partial charge >= 0.3 is 0 Å². The molecule has 0 saturated heterocycles. The third-order valence-corrected chi connectivity index (χ3v) is 3.49. The molecule has 1 aromatic carbocycles. The first-order valence-corrected chi connectivity index (χ1v) is 7.28. The Bertz CT molecular complexity index is 646. The lowest BCUT2D eigenvalue weighted by atomic mass is 10.1. The van der Waals surface area contributed by atoms with Crippen molar-refractivity contribution >= 4 is 39.8 Å². The largest absolute Gasteiger partial charge is 0.496 e. The van der Waals surface area contributed by atoms with Crippen LogP contribution in [-0.4, -0.2) is 29.0 Å². The van der Waals surface area contributed by atoms with Crippen LogP contribution in [0.25, 0.3) is 0 Å². The van der Waals surface area contributed by atoms with E-state index < -0.39 is 0 Å². The van der Waals surface area contributed by atoms with E-state index in [1.54, 1.807) is 12.1 Å². The molecule has 1 N–H and O–H groups in total. The van der Waals surface area contributed by atoms with Gasteiger partial charge in [0.25, 0.3) is 0 Å². The Balaban J connectivity index is 1.95. The summed E-state index contributed by atoms with van der Waals surface area (Å²) in [4.78, 5) is 23.8. The van der Waals surface area contributed by atoms with Crippen LogP contribution in [0.2, 0.25) is 5.02 Å². The van der Waals surface area contributed by atoms with E-state index in [0.717, 1.165) is 0 Å². The standard InChI is InChI=1S/C13H12ClN3O3S/c1-20-11-4-2-8(14)6-9(11)10(18)3-5-12(19)16-13-17-15-7-21-13/h2,4,6-7H,3,5H2,1H3,(H,16,17,19). The van der Waals surface area contributed by atoms with E-state index in [4.69, 9.17) is 16.3 Å². The van der Waals surface area contributed by atoms with E-state index in [0.29, 0.717) is 21.5 Å². The summed E-state index contributed by atoms with van der Waals surface area (Å²) in [5.41, 5.74) is 1.88. The van der Waals surface area contributed by atoms with Gasteiger partial charge in [-0.15, -0.1) is 10.2 Å². The van der Waals surface area contributed by atoms with Crippen molar-refractivity contribution in [3.8, 4) is 5.75 Å². The van der Waals surface area contributed by atoms with E-state index in [9.17, 15) is 9.59 Å². The van der Waals surface area contributed by atoms with E-state index in [-0.39, 0.29) is 24.5 Å². The molecule has 0 radical (unpaired) electrons. The predicted octanol–water partition coefficient (Wildman–Crippen LogP) is 2.80. The molecule has 0 aliphatic heterocycles. The Morgan fingerprint density at radius 1 is 1.38 bits per heavy atom. The molecule has 1 aromatic heterocycles. The zero-order valence-corrected chi connectivity index (χ0v) is 12.7. The molecule has 0 aliphatic carbocycles. The summed E-state index contributed by atoms with van der Waals surface area (Å²) in [6, 6.07) is 4.79. The van der Waals surface area contributed by atoms with Gasteiger partial charge in [0.15, 0.2) is 5.78 Å². The Morgan fingerprint density at radius 2 is 2.19 bits per heavy atom. The van der Waals surface area contributed by atoms with Crippen LogP contribution in [-0.2, 0) is 4.79 Å². The van der Waals surface area contributed by atoms with Crippen LogP contribution in [0.3, 0.4) is 0 Å². The Hall–Kier alpha value is -1.99. The lowest BCUT2D eigenvalue weighted by molar-refractivity contribution is -0.116. The fraction of sp³-hybridized carbons (Fsp3) is 0.231. The third-order valence-electron chi connectivity index (χ3n) is 2.65. The number of nitrogens with one attached hydrogen (secondary N) is 1. The molecule has 0 atom stereocenters. The zero-order chi connectivity index (χ0) is 15.2. The fourth-order valence-electron chi connectivity index (χ4n) is 1.67. The maximum Gasteiger partial charge on any atom is 0.226 e. The summed E-state index contributed by atoms with van der Waals surface area (Å²) in [5, 5.41) is 10.7. The van der Waals surface area contributed by atoms with Crippen LogP contribution < -0.4 is 10.1 Å². The number of Topliss-reactive ketones (excluding diaryl/α,β-unsaturated/α-hetero) is 1. The highest BCUT2D eigenvalue weighted by Crippen LogP contribution is 2.24. The molecule has 6 nitrogen and oxygen atoms in total. The van der Waals surface area contributed by atoms with Crippen molar-refractivity contribution in [2.24, 2.45) is 0 Å². The quantitative estimate of drug-likeness (QED) is 0.826. The first-order chi connectivity index (χ1) is 10.1. The number of hydrogen-bond acceptors (Lipinski definition) is 6. The number of carbonyl (C=O) groups is 2. The average molecular weight is 326 g/mol. The number of nitrogens with zero attached hydrogens (tertiary/aromatic N) is 2. The normalized spacial score (nSPS) is 10.2. The molecule has 21 heavy (non-hydrogen) atoms. The molecule has 1 heterocycles. The first-order valence-electron chi connectivity index (χ1n) is 6.03. The second-order valence-electron chi connectivity index (χ2n) is 4.06. The number of methoxy groups -OCH3 is 1. The second kappa shape index (κ2) is 7.14. The summed E-state index contributed by atoms with van der Waals surface area (Å²) in [5.74, 6) is -0.0585. The van der Waals surface area contributed by atoms with Crippen LogP contribution in [0.15, 0.2) is 23.7 Å². The van der Waals surface area contributed by atoms with Gasteiger partial charge in [-0.3, -0.25) is 9.59 Å². The number of ketones is 1. The molecular weight excluding hydrogens is 314 g/mol. The molecule has 2 aromatic rings. The van der Waals surface area contributed by atoms with Crippen LogP contribution >= 0.6 is 22.9 Å². The average Bonchev–Trinajstić information content (AvgIpc) is 2.97. The van der Waals surface area contributed by atoms with Gasteiger partial charge in [-0.25, -0.2) is 0 Å². The molecule has 0 unspecified atom stereocenters. The summed E-state index contributed by atoms with van der Waals surface area (Å²) in [6.07, 6.45) is 0.107. The number of halogens is 1. The van der Waals surface area contributed by atoms with Gasteiger partial charge in [-0.1, -0.05) is 22.9 Å². The number of anilines is 1. The number of ether oxygens (including phenoxy) is 1. The highest BCUT2D eigenvalue weighted by Gasteiger charge is 2.15. The van der Waals surface area contributed by atoms with Crippen LogP contribution in [0.4, 0.5) is 5.13 Å². The van der Waals surface area contributed by atoms with E-state index in [1.807, 2.05) is 0 Å². The van der Waals surface area contributed by atoms with Gasteiger partial charge in [-0.05, 0) is 18.2 Å². The number of amides is 1. The summed E-state index contributed by atoms with van der Waals surface area (Å²) in [6.45, 7) is 0. The van der Waals surface area contributed by atoms with Crippen molar-refractivity contribution in [3.63, 3.8) is 0 Å². The minimum atomic E-state index is -0.291. The smallest absolute Gasteiger partial charge is 0.226 e. The number of benzene rings is 1. The highest BCUT2D eigenvalue weighted by molar-refractivity contribution is 7.13. The minimum absolute atomic E-state index is 0.0497. The summed E-state index contributed by atoms with van der Waals surface area (Å²) < 4.78 is 5.12. The van der Waals surface area contributed by atoms with Gasteiger partial charge in [0.1, 0.15) is 11.3 Å². The molecule has 0 aliphatic rings. The monoisotopic (exact) mass is 325 g/mol. The molecular formula is C13H12ClN3O3S. The van der Waals surface area contributed by atoms with Gasteiger partial charge < -0.3 is 10.1 Å². The van der Waals surface area contributed by atoms with Crippen LogP contribution in [0.5, 0.6) is 5.75 Å². The number of aromatic nitrogens is 2. The molecule has 2 rings (SSSR count). The Labute approximate surface area is 130 Å². The number of carbonyl (C=O) groups excluding carboxylic acids is 2. The SMILES string of the molecule is COc1ccc(Cl)cc1C(=O)CCC(=O)Nc1nncs1. The highest BCUT2D eigenvalue weighted by atomic mass is 35.5. The summed E-state index contributed by atoms with van der Waals surface area (Å²) in [7, 11) is 1.47. The van der Waals surface area contributed by atoms with Gasteiger partial charge in [0.2, 0.25) is 11.0 Å². The zero-order valence-electron chi connectivity index (χ0n) is 11.1. The maximum absolute atomic E-state index is 12.1. The molecule has 0 bridgehead atoms. The minimum Gasteiger partial charge on any atom is -0.496 e. The number of hydrogen-bond donors (Lipinski definition) is 1. The van der Waals surface area contributed by atoms with Crippen molar-refractivity contribution in [2.75, 3.05) is 12.4 Å². The van der Waals surface area contributed by atoms with Crippen molar-refractivity contribution in [1.29, 1.82) is 0 Å².